The van der Waals surface area contributed by atoms with Crippen molar-refractivity contribution in [2.75, 3.05) is 27.3 Å². The van der Waals surface area contributed by atoms with E-state index in [9.17, 15) is 13.6 Å². The molecule has 0 radical (unpaired) electrons. The second kappa shape index (κ2) is 10.4. The molecular formula is C27H31F2N3O4. The Balaban J connectivity index is 1.43. The molecule has 3 heterocycles. The van der Waals surface area contributed by atoms with Gasteiger partial charge in [0, 0.05) is 30.3 Å². The molecule has 36 heavy (non-hydrogen) atoms. The SMILES string of the molecule is COc1cc(-c2cnc3cc(OCC4CCCCN4C)ccn23)cc(OC(F)F)c1C(=O)CC1CC1. The summed E-state index contributed by atoms with van der Waals surface area (Å²) in [6, 6.07) is 7.25. The van der Waals surface area contributed by atoms with Gasteiger partial charge in [-0.1, -0.05) is 6.42 Å². The average molecular weight is 500 g/mol. The number of Topliss-reactive ketones (excluding diaryl/α,β-unsaturated/α-hetero) is 1. The maximum atomic E-state index is 13.3. The third kappa shape index (κ3) is 5.31. The molecule has 192 valence electrons. The lowest BCUT2D eigenvalue weighted by molar-refractivity contribution is -0.0502. The number of piperidine rings is 1. The van der Waals surface area contributed by atoms with E-state index in [1.807, 2.05) is 22.7 Å². The van der Waals surface area contributed by atoms with E-state index < -0.39 is 6.61 Å². The number of pyridine rings is 1. The minimum atomic E-state index is -3.07. The molecule has 0 amide bonds. The first kappa shape index (κ1) is 24.5. The van der Waals surface area contributed by atoms with E-state index in [-0.39, 0.29) is 22.8 Å². The Hall–Kier alpha value is -3.20. The molecule has 1 aliphatic heterocycles. The number of halogens is 2. The first-order valence-electron chi connectivity index (χ1n) is 12.4. The zero-order valence-corrected chi connectivity index (χ0v) is 20.6. The van der Waals surface area contributed by atoms with Crippen LogP contribution in [0.5, 0.6) is 17.2 Å². The monoisotopic (exact) mass is 499 g/mol. The Morgan fingerprint density at radius 2 is 1.97 bits per heavy atom. The van der Waals surface area contributed by atoms with Crippen molar-refractivity contribution in [3.8, 4) is 28.5 Å². The van der Waals surface area contributed by atoms with Crippen molar-refractivity contribution in [3.63, 3.8) is 0 Å². The van der Waals surface area contributed by atoms with Crippen molar-refractivity contribution in [2.24, 2.45) is 5.92 Å². The highest BCUT2D eigenvalue weighted by Crippen LogP contribution is 2.40. The number of hydrogen-bond acceptors (Lipinski definition) is 6. The highest BCUT2D eigenvalue weighted by atomic mass is 19.3. The van der Waals surface area contributed by atoms with E-state index in [1.165, 1.54) is 26.0 Å². The first-order chi connectivity index (χ1) is 17.4. The van der Waals surface area contributed by atoms with Gasteiger partial charge in [0.1, 0.15) is 35.1 Å². The van der Waals surface area contributed by atoms with Gasteiger partial charge in [0.25, 0.3) is 0 Å². The maximum absolute atomic E-state index is 13.3. The quantitative estimate of drug-likeness (QED) is 0.345. The molecular weight excluding hydrogens is 468 g/mol. The molecule has 1 saturated heterocycles. The number of rotatable bonds is 10. The smallest absolute Gasteiger partial charge is 0.387 e. The predicted octanol–water partition coefficient (Wildman–Crippen LogP) is 5.46. The topological polar surface area (TPSA) is 65.3 Å². The number of hydrogen-bond donors (Lipinski definition) is 0. The third-order valence-corrected chi connectivity index (χ3v) is 7.10. The van der Waals surface area contributed by atoms with Crippen LogP contribution in [0.1, 0.15) is 48.9 Å². The zero-order chi connectivity index (χ0) is 25.2. The summed E-state index contributed by atoms with van der Waals surface area (Å²) >= 11 is 0. The maximum Gasteiger partial charge on any atom is 0.387 e. The molecule has 1 saturated carbocycles. The van der Waals surface area contributed by atoms with Crippen LogP contribution in [0, 0.1) is 5.92 Å². The van der Waals surface area contributed by atoms with Crippen LogP contribution in [0.4, 0.5) is 8.78 Å². The van der Waals surface area contributed by atoms with E-state index in [0.29, 0.717) is 41.9 Å². The summed E-state index contributed by atoms with van der Waals surface area (Å²) in [6.07, 6.45) is 9.29. The lowest BCUT2D eigenvalue weighted by Crippen LogP contribution is -2.40. The van der Waals surface area contributed by atoms with Crippen LogP contribution in [0.25, 0.3) is 16.9 Å². The molecule has 1 aromatic carbocycles. The third-order valence-electron chi connectivity index (χ3n) is 7.10. The van der Waals surface area contributed by atoms with Crippen molar-refractivity contribution in [2.45, 2.75) is 51.2 Å². The molecule has 2 aromatic heterocycles. The minimum absolute atomic E-state index is 0.0608. The second-order valence-electron chi connectivity index (χ2n) is 9.68. The summed E-state index contributed by atoms with van der Waals surface area (Å²) < 4.78 is 44.7. The number of imidazole rings is 1. The number of alkyl halides is 2. The fraction of sp³-hybridized carbons (Fsp3) is 0.481. The summed E-state index contributed by atoms with van der Waals surface area (Å²) in [4.78, 5) is 19.7. The van der Waals surface area contributed by atoms with E-state index in [4.69, 9.17) is 14.2 Å². The lowest BCUT2D eigenvalue weighted by atomic mass is 10.00. The molecule has 7 nitrogen and oxygen atoms in total. The first-order valence-corrected chi connectivity index (χ1v) is 12.4. The number of likely N-dealkylation sites (N-methyl/N-ethyl adjacent to an activating group) is 1. The number of benzene rings is 1. The standard InChI is InChI=1S/C27H31F2N3O4/c1-31-9-4-3-5-19(31)16-35-20-8-10-32-21(15-30-25(32)14-20)18-12-23(34-2)26(22(33)11-17-6-7-17)24(13-18)36-27(28)29/h8,10,12-15,17,19,27H,3-7,9,11,16H2,1-2H3. The summed E-state index contributed by atoms with van der Waals surface area (Å²) in [6.45, 7) is -1.37. The van der Waals surface area contributed by atoms with Crippen molar-refractivity contribution in [1.29, 1.82) is 0 Å². The largest absolute Gasteiger partial charge is 0.496 e. The van der Waals surface area contributed by atoms with Crippen LogP contribution >= 0.6 is 0 Å². The minimum Gasteiger partial charge on any atom is -0.496 e. The summed E-state index contributed by atoms with van der Waals surface area (Å²) in [5.74, 6) is 0.797. The molecule has 0 bridgehead atoms. The number of carbonyl (C=O) groups excluding carboxylic acids is 1. The molecule has 0 spiro atoms. The molecule has 1 atom stereocenters. The molecule has 1 unspecified atom stereocenters. The molecule has 3 aromatic rings. The normalized spacial score (nSPS) is 18.5. The Bertz CT molecular complexity index is 1240. The molecule has 2 fully saturated rings. The number of carbonyl (C=O) groups is 1. The number of nitrogens with zero attached hydrogens (tertiary/aromatic N) is 3. The van der Waals surface area contributed by atoms with Gasteiger partial charge >= 0.3 is 6.61 Å². The lowest BCUT2D eigenvalue weighted by Gasteiger charge is -2.32. The van der Waals surface area contributed by atoms with Crippen LogP contribution in [-0.4, -0.2) is 60.0 Å². The number of ether oxygens (including phenoxy) is 3. The Kier molecular flexibility index (Phi) is 7.09. The fourth-order valence-corrected chi connectivity index (χ4v) is 4.86. The summed E-state index contributed by atoms with van der Waals surface area (Å²) in [5.41, 5.74) is 1.92. The summed E-state index contributed by atoms with van der Waals surface area (Å²) in [5, 5.41) is 0. The van der Waals surface area contributed by atoms with Crippen LogP contribution in [0.3, 0.4) is 0 Å². The number of likely N-dealkylation sites (tertiary alicyclic amines) is 1. The van der Waals surface area contributed by atoms with Gasteiger partial charge in [0.15, 0.2) is 5.78 Å². The predicted molar refractivity (Wildman–Crippen MR) is 131 cm³/mol. The molecule has 1 aliphatic carbocycles. The number of fused-ring (bicyclic) bond motifs is 1. The second-order valence-corrected chi connectivity index (χ2v) is 9.68. The fourth-order valence-electron chi connectivity index (χ4n) is 4.86. The Morgan fingerprint density at radius 1 is 1.17 bits per heavy atom. The van der Waals surface area contributed by atoms with Crippen LogP contribution in [-0.2, 0) is 0 Å². The molecule has 5 rings (SSSR count). The van der Waals surface area contributed by atoms with Crippen molar-refractivity contribution >= 4 is 11.4 Å². The number of ketones is 1. The molecule has 9 heteroatoms. The van der Waals surface area contributed by atoms with Gasteiger partial charge in [0.05, 0.1) is 19.0 Å². The van der Waals surface area contributed by atoms with Gasteiger partial charge in [0.2, 0.25) is 0 Å². The van der Waals surface area contributed by atoms with E-state index in [0.717, 1.165) is 31.6 Å². The van der Waals surface area contributed by atoms with E-state index >= 15 is 0 Å². The van der Waals surface area contributed by atoms with Crippen molar-refractivity contribution in [1.82, 2.24) is 14.3 Å². The van der Waals surface area contributed by atoms with Gasteiger partial charge < -0.3 is 19.1 Å². The average Bonchev–Trinajstić information content (AvgIpc) is 3.57. The zero-order valence-electron chi connectivity index (χ0n) is 20.6. The Morgan fingerprint density at radius 3 is 2.69 bits per heavy atom. The Labute approximate surface area is 209 Å². The summed E-state index contributed by atoms with van der Waals surface area (Å²) in [7, 11) is 3.54. The van der Waals surface area contributed by atoms with Crippen molar-refractivity contribution < 1.29 is 27.8 Å². The van der Waals surface area contributed by atoms with Crippen LogP contribution in [0.15, 0.2) is 36.7 Å². The van der Waals surface area contributed by atoms with Crippen LogP contribution in [0.2, 0.25) is 0 Å². The molecule has 2 aliphatic rings. The van der Waals surface area contributed by atoms with Crippen molar-refractivity contribution in [3.05, 3.63) is 42.2 Å². The van der Waals surface area contributed by atoms with Gasteiger partial charge in [-0.15, -0.1) is 0 Å². The van der Waals surface area contributed by atoms with E-state index in [1.54, 1.807) is 12.3 Å². The molecule has 0 N–H and O–H groups in total. The van der Waals surface area contributed by atoms with Gasteiger partial charge in [-0.3, -0.25) is 9.20 Å². The van der Waals surface area contributed by atoms with Gasteiger partial charge in [-0.05, 0) is 63.4 Å². The van der Waals surface area contributed by atoms with Gasteiger partial charge in [-0.2, -0.15) is 8.78 Å². The number of aromatic nitrogens is 2. The highest BCUT2D eigenvalue weighted by molar-refractivity contribution is 6.02. The van der Waals surface area contributed by atoms with E-state index in [2.05, 4.69) is 16.9 Å². The highest BCUT2D eigenvalue weighted by Gasteiger charge is 2.30. The van der Waals surface area contributed by atoms with Gasteiger partial charge in [-0.25, -0.2) is 4.98 Å². The van der Waals surface area contributed by atoms with Crippen LogP contribution < -0.4 is 14.2 Å². The number of methoxy groups -OCH3 is 1.